The van der Waals surface area contributed by atoms with Crippen LogP contribution < -0.4 is 10.5 Å². The summed E-state index contributed by atoms with van der Waals surface area (Å²) in [6.07, 6.45) is 1.45. The number of anilines is 1. The predicted octanol–water partition coefficient (Wildman–Crippen LogP) is 2.71. The molecule has 0 radical (unpaired) electrons. The molecule has 3 heterocycles. The maximum atomic E-state index is 13.0. The van der Waals surface area contributed by atoms with Crippen LogP contribution in [0.4, 0.5) is 11.4 Å². The number of rotatable bonds is 4. The van der Waals surface area contributed by atoms with E-state index in [9.17, 15) is 19.7 Å². The molecule has 2 aromatic carbocycles. The van der Waals surface area contributed by atoms with Gasteiger partial charge in [-0.3, -0.25) is 19.6 Å². The summed E-state index contributed by atoms with van der Waals surface area (Å²) in [7, 11) is 0. The molecular weight excluding hydrogens is 426 g/mol. The number of aryl methyl sites for hydroxylation is 1. The van der Waals surface area contributed by atoms with Crippen LogP contribution in [0, 0.1) is 17.0 Å². The smallest absolute Gasteiger partial charge is 0.347 e. The fraction of sp³-hybridized carbons (Fsp3) is 0.261. The highest BCUT2D eigenvalue weighted by atomic mass is 16.6. The standard InChI is InChI=1S/C23H21N5O5/c1-15-2-7-20-18(12-15)22-19(23(30)33-20)13-24-27(22)14-21(29)26-10-8-25(9-11-26)16-3-5-17(6-4-16)28(31)32/h2-7,12-13H,8-11,14H2,1H3. The van der Waals surface area contributed by atoms with Crippen LogP contribution in [0.2, 0.25) is 0 Å². The highest BCUT2D eigenvalue weighted by molar-refractivity contribution is 6.02. The fourth-order valence-electron chi connectivity index (χ4n) is 4.24. The number of hydrogen-bond acceptors (Lipinski definition) is 7. The van der Waals surface area contributed by atoms with Gasteiger partial charge in [0.15, 0.2) is 0 Å². The van der Waals surface area contributed by atoms with E-state index in [-0.39, 0.29) is 18.1 Å². The molecule has 1 aliphatic heterocycles. The third-order valence-corrected chi connectivity index (χ3v) is 6.00. The lowest BCUT2D eigenvalue weighted by Crippen LogP contribution is -2.49. The van der Waals surface area contributed by atoms with Gasteiger partial charge in [0.05, 0.1) is 16.6 Å². The first-order valence-electron chi connectivity index (χ1n) is 10.6. The van der Waals surface area contributed by atoms with Crippen LogP contribution in [0.25, 0.3) is 21.9 Å². The van der Waals surface area contributed by atoms with Gasteiger partial charge in [-0.15, -0.1) is 0 Å². The zero-order valence-electron chi connectivity index (χ0n) is 17.9. The van der Waals surface area contributed by atoms with Gasteiger partial charge in [0, 0.05) is 49.4 Å². The van der Waals surface area contributed by atoms with Gasteiger partial charge in [-0.1, -0.05) is 11.6 Å². The number of nitrogens with zero attached hydrogens (tertiary/aromatic N) is 5. The molecule has 0 unspecified atom stereocenters. The number of hydrogen-bond donors (Lipinski definition) is 0. The number of non-ortho nitro benzene ring substituents is 1. The molecule has 1 aliphatic rings. The Labute approximate surface area is 187 Å². The number of piperazine rings is 1. The monoisotopic (exact) mass is 447 g/mol. The first-order valence-corrected chi connectivity index (χ1v) is 10.6. The van der Waals surface area contributed by atoms with Gasteiger partial charge in [0.25, 0.3) is 5.69 Å². The molecule has 33 heavy (non-hydrogen) atoms. The summed E-state index contributed by atoms with van der Waals surface area (Å²) < 4.78 is 6.96. The lowest BCUT2D eigenvalue weighted by molar-refractivity contribution is -0.384. The minimum absolute atomic E-state index is 0.0214. The number of benzene rings is 2. The first kappa shape index (κ1) is 20.7. The highest BCUT2D eigenvalue weighted by Crippen LogP contribution is 2.24. The Morgan fingerprint density at radius 2 is 1.82 bits per heavy atom. The topological polar surface area (TPSA) is 115 Å². The van der Waals surface area contributed by atoms with Crippen LogP contribution in [0.5, 0.6) is 0 Å². The van der Waals surface area contributed by atoms with Gasteiger partial charge in [-0.05, 0) is 31.2 Å². The average Bonchev–Trinajstić information content (AvgIpc) is 3.24. The van der Waals surface area contributed by atoms with Crippen LogP contribution in [0.3, 0.4) is 0 Å². The van der Waals surface area contributed by atoms with Crippen LogP contribution in [0.15, 0.2) is 57.9 Å². The molecule has 168 valence electrons. The molecule has 2 aromatic heterocycles. The van der Waals surface area contributed by atoms with Gasteiger partial charge in [-0.25, -0.2) is 4.79 Å². The number of amides is 1. The number of aromatic nitrogens is 2. The van der Waals surface area contributed by atoms with Crippen molar-refractivity contribution in [3.63, 3.8) is 0 Å². The minimum Gasteiger partial charge on any atom is -0.422 e. The third kappa shape index (κ3) is 3.79. The summed E-state index contributed by atoms with van der Waals surface area (Å²) in [6.45, 7) is 4.26. The van der Waals surface area contributed by atoms with Gasteiger partial charge < -0.3 is 14.2 Å². The molecule has 1 saturated heterocycles. The van der Waals surface area contributed by atoms with E-state index in [2.05, 4.69) is 10.00 Å². The number of carbonyl (C=O) groups is 1. The summed E-state index contributed by atoms with van der Waals surface area (Å²) in [5.74, 6) is -0.0857. The Morgan fingerprint density at radius 3 is 2.52 bits per heavy atom. The van der Waals surface area contributed by atoms with Crippen molar-refractivity contribution in [1.29, 1.82) is 0 Å². The number of fused-ring (bicyclic) bond motifs is 3. The van der Waals surface area contributed by atoms with E-state index < -0.39 is 10.5 Å². The average molecular weight is 447 g/mol. The molecule has 10 nitrogen and oxygen atoms in total. The summed E-state index contributed by atoms with van der Waals surface area (Å²) in [6, 6.07) is 12.0. The first-order chi connectivity index (χ1) is 15.9. The summed E-state index contributed by atoms with van der Waals surface area (Å²) in [5.41, 5.74) is 2.54. The highest BCUT2D eigenvalue weighted by Gasteiger charge is 2.23. The normalized spacial score (nSPS) is 14.2. The molecule has 0 bridgehead atoms. The maximum absolute atomic E-state index is 13.0. The van der Waals surface area contributed by atoms with E-state index in [1.165, 1.54) is 18.3 Å². The van der Waals surface area contributed by atoms with E-state index in [1.54, 1.807) is 27.8 Å². The molecule has 5 rings (SSSR count). The molecule has 0 atom stereocenters. The van der Waals surface area contributed by atoms with Gasteiger partial charge in [-0.2, -0.15) is 5.10 Å². The SMILES string of the molecule is Cc1ccc2oc(=O)c3cnn(CC(=O)N4CCN(c5ccc([N+](=O)[O-])cc5)CC4)c3c2c1. The Morgan fingerprint density at radius 1 is 1.09 bits per heavy atom. The van der Waals surface area contributed by atoms with Crippen molar-refractivity contribution in [3.8, 4) is 0 Å². The molecular formula is C23H21N5O5. The maximum Gasteiger partial charge on any atom is 0.347 e. The number of carbonyl (C=O) groups excluding carboxylic acids is 1. The predicted molar refractivity (Wildman–Crippen MR) is 122 cm³/mol. The van der Waals surface area contributed by atoms with Crippen LogP contribution in [-0.2, 0) is 11.3 Å². The second kappa shape index (κ2) is 8.05. The third-order valence-electron chi connectivity index (χ3n) is 6.00. The summed E-state index contributed by atoms with van der Waals surface area (Å²) in [4.78, 5) is 39.7. The second-order valence-electron chi connectivity index (χ2n) is 8.09. The van der Waals surface area contributed by atoms with Crippen LogP contribution in [0.1, 0.15) is 5.56 Å². The van der Waals surface area contributed by atoms with Crippen LogP contribution in [-0.4, -0.2) is 51.7 Å². The lowest BCUT2D eigenvalue weighted by Gasteiger charge is -2.36. The second-order valence-corrected chi connectivity index (χ2v) is 8.09. The van der Waals surface area contributed by atoms with Crippen molar-refractivity contribution in [2.24, 2.45) is 0 Å². The quantitative estimate of drug-likeness (QED) is 0.268. The van der Waals surface area contributed by atoms with Crippen molar-refractivity contribution < 1.29 is 14.1 Å². The molecule has 1 fully saturated rings. The zero-order valence-corrected chi connectivity index (χ0v) is 17.9. The van der Waals surface area contributed by atoms with Crippen molar-refractivity contribution >= 4 is 39.2 Å². The van der Waals surface area contributed by atoms with Gasteiger partial charge >= 0.3 is 5.63 Å². The van der Waals surface area contributed by atoms with Crippen molar-refractivity contribution in [3.05, 3.63) is 74.8 Å². The van der Waals surface area contributed by atoms with Gasteiger partial charge in [0.1, 0.15) is 17.5 Å². The molecule has 4 aromatic rings. The van der Waals surface area contributed by atoms with E-state index in [0.29, 0.717) is 42.7 Å². The summed E-state index contributed by atoms with van der Waals surface area (Å²) >= 11 is 0. The Kier molecular flexibility index (Phi) is 5.04. The Bertz CT molecular complexity index is 1430. The summed E-state index contributed by atoms with van der Waals surface area (Å²) in [5, 5.41) is 16.2. The molecule has 0 spiro atoms. The van der Waals surface area contributed by atoms with Crippen molar-refractivity contribution in [2.45, 2.75) is 13.5 Å². The molecule has 1 amide bonds. The minimum atomic E-state index is -0.475. The zero-order chi connectivity index (χ0) is 23.1. The molecule has 0 aliphatic carbocycles. The van der Waals surface area contributed by atoms with E-state index in [0.717, 1.165) is 16.6 Å². The van der Waals surface area contributed by atoms with Gasteiger partial charge in [0.2, 0.25) is 5.91 Å². The molecule has 10 heteroatoms. The van der Waals surface area contributed by atoms with Crippen molar-refractivity contribution in [1.82, 2.24) is 14.7 Å². The number of nitro benzene ring substituents is 1. The lowest BCUT2D eigenvalue weighted by atomic mass is 10.1. The van der Waals surface area contributed by atoms with E-state index in [1.807, 2.05) is 19.1 Å². The van der Waals surface area contributed by atoms with E-state index >= 15 is 0 Å². The Hall–Kier alpha value is -4.21. The molecule has 0 saturated carbocycles. The van der Waals surface area contributed by atoms with E-state index in [4.69, 9.17) is 4.42 Å². The largest absolute Gasteiger partial charge is 0.422 e. The fourth-order valence-corrected chi connectivity index (χ4v) is 4.24. The van der Waals surface area contributed by atoms with Crippen molar-refractivity contribution in [2.75, 3.05) is 31.1 Å². The molecule has 0 N–H and O–H groups in total. The number of nitro groups is 1. The van der Waals surface area contributed by atoms with Crippen LogP contribution >= 0.6 is 0 Å². The Balaban J connectivity index is 1.33.